The number of hydrogen-bond donors (Lipinski definition) is 2. The predicted molar refractivity (Wildman–Crippen MR) is 59.7 cm³/mol. The quantitative estimate of drug-likeness (QED) is 0.757. The van der Waals surface area contributed by atoms with E-state index in [9.17, 15) is 4.79 Å². The minimum absolute atomic E-state index is 0.137. The molecule has 16 heavy (non-hydrogen) atoms. The summed E-state index contributed by atoms with van der Waals surface area (Å²) in [6.07, 6.45) is 3.31. The van der Waals surface area contributed by atoms with Crippen LogP contribution in [-0.2, 0) is 11.3 Å². The maximum absolute atomic E-state index is 10.5. The molecule has 82 valence electrons. The van der Waals surface area contributed by atoms with E-state index >= 15 is 0 Å². The molecule has 0 radical (unpaired) electrons. The van der Waals surface area contributed by atoms with E-state index in [-0.39, 0.29) is 6.54 Å². The molecular formula is C11H11N3O2. The highest BCUT2D eigenvalue weighted by Gasteiger charge is 2.04. The molecule has 0 spiro atoms. The normalized spacial score (nSPS) is 10.2. The molecule has 0 atom stereocenters. The van der Waals surface area contributed by atoms with Gasteiger partial charge >= 0.3 is 5.97 Å². The molecule has 0 amide bonds. The SMILES string of the molecule is Nc1cccc(-c2cnn(CC(=O)O)c2)c1. The summed E-state index contributed by atoms with van der Waals surface area (Å²) in [4.78, 5) is 10.5. The van der Waals surface area contributed by atoms with Crippen molar-refractivity contribution < 1.29 is 9.90 Å². The van der Waals surface area contributed by atoms with Crippen molar-refractivity contribution in [3.8, 4) is 11.1 Å². The van der Waals surface area contributed by atoms with Crippen molar-refractivity contribution in [1.82, 2.24) is 9.78 Å². The highest BCUT2D eigenvalue weighted by Crippen LogP contribution is 2.20. The van der Waals surface area contributed by atoms with Gasteiger partial charge in [0.1, 0.15) is 6.54 Å². The second-order valence-electron chi connectivity index (χ2n) is 3.45. The molecule has 1 aromatic carbocycles. The number of carboxylic acid groups (broad SMARTS) is 1. The lowest BCUT2D eigenvalue weighted by molar-refractivity contribution is -0.137. The zero-order valence-corrected chi connectivity index (χ0v) is 8.50. The Morgan fingerprint density at radius 2 is 2.25 bits per heavy atom. The minimum Gasteiger partial charge on any atom is -0.480 e. The summed E-state index contributed by atoms with van der Waals surface area (Å²) >= 11 is 0. The van der Waals surface area contributed by atoms with Gasteiger partial charge in [0.15, 0.2) is 0 Å². The van der Waals surface area contributed by atoms with Gasteiger partial charge in [0.2, 0.25) is 0 Å². The van der Waals surface area contributed by atoms with Crippen LogP contribution in [0.15, 0.2) is 36.7 Å². The lowest BCUT2D eigenvalue weighted by Crippen LogP contribution is -2.08. The van der Waals surface area contributed by atoms with Crippen LogP contribution in [0.1, 0.15) is 0 Å². The third-order valence-electron chi connectivity index (χ3n) is 2.15. The Morgan fingerprint density at radius 1 is 1.44 bits per heavy atom. The average molecular weight is 217 g/mol. The summed E-state index contributed by atoms with van der Waals surface area (Å²) in [7, 11) is 0. The highest BCUT2D eigenvalue weighted by molar-refractivity contribution is 5.68. The molecule has 1 aromatic heterocycles. The number of nitrogens with zero attached hydrogens (tertiary/aromatic N) is 2. The first-order valence-electron chi connectivity index (χ1n) is 4.75. The Bertz CT molecular complexity index is 519. The molecule has 0 fully saturated rings. The van der Waals surface area contributed by atoms with E-state index in [2.05, 4.69) is 5.10 Å². The topological polar surface area (TPSA) is 81.1 Å². The third kappa shape index (κ3) is 2.20. The van der Waals surface area contributed by atoms with Crippen LogP contribution in [0.25, 0.3) is 11.1 Å². The number of carbonyl (C=O) groups is 1. The summed E-state index contributed by atoms with van der Waals surface area (Å²) in [6.45, 7) is -0.137. The first-order valence-corrected chi connectivity index (χ1v) is 4.75. The monoisotopic (exact) mass is 217 g/mol. The largest absolute Gasteiger partial charge is 0.480 e. The fraction of sp³-hybridized carbons (Fsp3) is 0.0909. The Labute approximate surface area is 92.1 Å². The Balaban J connectivity index is 2.28. The van der Waals surface area contributed by atoms with Crippen molar-refractivity contribution in [2.24, 2.45) is 0 Å². The number of carboxylic acids is 1. The summed E-state index contributed by atoms with van der Waals surface area (Å²) in [5.41, 5.74) is 8.11. The Morgan fingerprint density at radius 3 is 2.94 bits per heavy atom. The van der Waals surface area contributed by atoms with E-state index in [1.165, 1.54) is 4.68 Å². The molecule has 2 aromatic rings. The lowest BCUT2D eigenvalue weighted by Gasteiger charge is -1.98. The molecule has 0 aliphatic rings. The second kappa shape index (κ2) is 4.06. The molecule has 0 aliphatic heterocycles. The van der Waals surface area contributed by atoms with E-state index in [1.54, 1.807) is 18.5 Å². The number of aromatic nitrogens is 2. The van der Waals surface area contributed by atoms with Gasteiger partial charge in [-0.1, -0.05) is 12.1 Å². The number of hydrogen-bond acceptors (Lipinski definition) is 3. The van der Waals surface area contributed by atoms with Crippen LogP contribution >= 0.6 is 0 Å². The molecule has 0 saturated carbocycles. The third-order valence-corrected chi connectivity index (χ3v) is 2.15. The van der Waals surface area contributed by atoms with Crippen LogP contribution in [-0.4, -0.2) is 20.9 Å². The molecular weight excluding hydrogens is 206 g/mol. The molecule has 0 saturated heterocycles. The van der Waals surface area contributed by atoms with Crippen LogP contribution < -0.4 is 5.73 Å². The second-order valence-corrected chi connectivity index (χ2v) is 3.45. The van der Waals surface area contributed by atoms with Gasteiger partial charge in [-0.2, -0.15) is 5.10 Å². The Hall–Kier alpha value is -2.30. The molecule has 1 heterocycles. The molecule has 0 aliphatic carbocycles. The molecule has 3 N–H and O–H groups in total. The predicted octanol–water partition coefficient (Wildman–Crippen LogP) is 1.22. The van der Waals surface area contributed by atoms with Gasteiger partial charge in [0, 0.05) is 17.4 Å². The van der Waals surface area contributed by atoms with Gasteiger partial charge in [0.05, 0.1) is 6.20 Å². The number of nitrogen functional groups attached to an aromatic ring is 1. The maximum atomic E-state index is 10.5. The molecule has 0 bridgehead atoms. The number of aliphatic carboxylic acids is 1. The minimum atomic E-state index is -0.915. The van der Waals surface area contributed by atoms with Crippen LogP contribution in [0, 0.1) is 0 Å². The van der Waals surface area contributed by atoms with Gasteiger partial charge in [-0.15, -0.1) is 0 Å². The van der Waals surface area contributed by atoms with E-state index in [4.69, 9.17) is 10.8 Å². The molecule has 2 rings (SSSR count). The van der Waals surface area contributed by atoms with E-state index < -0.39 is 5.97 Å². The van der Waals surface area contributed by atoms with Gasteiger partial charge < -0.3 is 10.8 Å². The fourth-order valence-electron chi connectivity index (χ4n) is 1.46. The zero-order chi connectivity index (χ0) is 11.5. The van der Waals surface area contributed by atoms with Crippen LogP contribution in [0.5, 0.6) is 0 Å². The van der Waals surface area contributed by atoms with Crippen LogP contribution in [0.4, 0.5) is 5.69 Å². The van der Waals surface area contributed by atoms with Gasteiger partial charge in [0.25, 0.3) is 0 Å². The number of rotatable bonds is 3. The van der Waals surface area contributed by atoms with Crippen molar-refractivity contribution in [1.29, 1.82) is 0 Å². The summed E-state index contributed by atoms with van der Waals surface area (Å²) < 4.78 is 1.38. The molecule has 5 nitrogen and oxygen atoms in total. The first kappa shape index (κ1) is 10.2. The zero-order valence-electron chi connectivity index (χ0n) is 8.50. The van der Waals surface area contributed by atoms with Crippen LogP contribution in [0.2, 0.25) is 0 Å². The van der Waals surface area contributed by atoms with Gasteiger partial charge in [-0.05, 0) is 17.7 Å². The van der Waals surface area contributed by atoms with E-state index in [0.717, 1.165) is 11.1 Å². The van der Waals surface area contributed by atoms with E-state index in [1.807, 2.05) is 18.2 Å². The van der Waals surface area contributed by atoms with Gasteiger partial charge in [-0.3, -0.25) is 9.48 Å². The summed E-state index contributed by atoms with van der Waals surface area (Å²) in [5.74, 6) is -0.915. The van der Waals surface area contributed by atoms with Gasteiger partial charge in [-0.25, -0.2) is 0 Å². The molecule has 5 heteroatoms. The average Bonchev–Trinajstić information content (AvgIpc) is 2.65. The number of anilines is 1. The van der Waals surface area contributed by atoms with Crippen molar-refractivity contribution >= 4 is 11.7 Å². The number of nitrogens with two attached hydrogens (primary N) is 1. The maximum Gasteiger partial charge on any atom is 0.325 e. The summed E-state index contributed by atoms with van der Waals surface area (Å²) in [6, 6.07) is 7.37. The van der Waals surface area contributed by atoms with Crippen LogP contribution in [0.3, 0.4) is 0 Å². The summed E-state index contributed by atoms with van der Waals surface area (Å²) in [5, 5.41) is 12.6. The molecule has 0 unspecified atom stereocenters. The standard InChI is InChI=1S/C11H11N3O2/c12-10-3-1-2-8(4-10)9-5-13-14(6-9)7-11(15)16/h1-6H,7,12H2,(H,15,16). The first-order chi connectivity index (χ1) is 7.65. The fourth-order valence-corrected chi connectivity index (χ4v) is 1.46. The van der Waals surface area contributed by atoms with Crippen molar-refractivity contribution in [3.63, 3.8) is 0 Å². The van der Waals surface area contributed by atoms with Crippen molar-refractivity contribution in [2.75, 3.05) is 5.73 Å². The highest BCUT2D eigenvalue weighted by atomic mass is 16.4. The lowest BCUT2D eigenvalue weighted by atomic mass is 10.1. The van der Waals surface area contributed by atoms with E-state index in [0.29, 0.717) is 5.69 Å². The Kier molecular flexibility index (Phi) is 2.59. The number of benzene rings is 1. The van der Waals surface area contributed by atoms with Crippen molar-refractivity contribution in [2.45, 2.75) is 6.54 Å². The smallest absolute Gasteiger partial charge is 0.325 e. The van der Waals surface area contributed by atoms with Crippen molar-refractivity contribution in [3.05, 3.63) is 36.7 Å².